The molecule has 22 heavy (non-hydrogen) atoms. The lowest BCUT2D eigenvalue weighted by molar-refractivity contribution is -0.242. The summed E-state index contributed by atoms with van der Waals surface area (Å²) in [7, 11) is 0. The second-order valence-corrected chi connectivity index (χ2v) is 5.11. The van der Waals surface area contributed by atoms with Crippen LogP contribution >= 0.6 is 0 Å². The Morgan fingerprint density at radius 2 is 2.00 bits per heavy atom. The van der Waals surface area contributed by atoms with Gasteiger partial charge >= 0.3 is 0 Å². The number of fused-ring (bicyclic) bond motifs is 1. The summed E-state index contributed by atoms with van der Waals surface area (Å²) in [6, 6.07) is 16.2. The van der Waals surface area contributed by atoms with E-state index in [1.165, 1.54) is 0 Å². The van der Waals surface area contributed by atoms with Crippen molar-refractivity contribution in [3.8, 4) is 5.75 Å². The van der Waals surface area contributed by atoms with Crippen LogP contribution in [0.3, 0.4) is 0 Å². The Labute approximate surface area is 131 Å². The topological polar surface area (TPSA) is 21.7 Å². The van der Waals surface area contributed by atoms with Crippen LogP contribution in [0.2, 0.25) is 0 Å². The van der Waals surface area contributed by atoms with Gasteiger partial charge in [-0.2, -0.15) is 0 Å². The van der Waals surface area contributed by atoms with E-state index in [-0.39, 0.29) is 6.23 Å². The van der Waals surface area contributed by atoms with Crippen molar-refractivity contribution in [2.45, 2.75) is 12.8 Å². The van der Waals surface area contributed by atoms with Crippen molar-refractivity contribution < 1.29 is 9.57 Å². The molecule has 0 radical (unpaired) electrons. The molecular formula is C19H19NO2. The Kier molecular flexibility index (Phi) is 4.37. The van der Waals surface area contributed by atoms with Crippen molar-refractivity contribution in [1.82, 2.24) is 5.06 Å². The van der Waals surface area contributed by atoms with Gasteiger partial charge in [-0.15, -0.1) is 11.6 Å². The minimum absolute atomic E-state index is 0.261. The van der Waals surface area contributed by atoms with Crippen LogP contribution in [-0.4, -0.2) is 11.7 Å². The van der Waals surface area contributed by atoms with Crippen molar-refractivity contribution in [3.63, 3.8) is 0 Å². The Morgan fingerprint density at radius 1 is 1.18 bits per heavy atom. The molecule has 3 nitrogen and oxygen atoms in total. The van der Waals surface area contributed by atoms with Gasteiger partial charge in [0.25, 0.3) is 0 Å². The van der Waals surface area contributed by atoms with Crippen LogP contribution in [0.25, 0.3) is 6.08 Å². The highest BCUT2D eigenvalue weighted by Crippen LogP contribution is 2.36. The highest BCUT2D eigenvalue weighted by Gasteiger charge is 2.29. The molecule has 0 N–H and O–H groups in total. The predicted molar refractivity (Wildman–Crippen MR) is 88.0 cm³/mol. The molecule has 0 saturated heterocycles. The van der Waals surface area contributed by atoms with Crippen LogP contribution in [0.5, 0.6) is 5.75 Å². The molecular weight excluding hydrogens is 274 g/mol. The third kappa shape index (κ3) is 2.96. The van der Waals surface area contributed by atoms with Gasteiger partial charge in [0.1, 0.15) is 5.75 Å². The summed E-state index contributed by atoms with van der Waals surface area (Å²) in [6.07, 6.45) is 3.30. The monoisotopic (exact) mass is 293 g/mol. The SMILES string of the molecule is C=CCON1Cc2cc(C=C)ccc2OC1c1ccccc1. The Morgan fingerprint density at radius 3 is 2.73 bits per heavy atom. The number of benzene rings is 2. The number of hydrogen-bond donors (Lipinski definition) is 0. The van der Waals surface area contributed by atoms with Gasteiger partial charge < -0.3 is 4.74 Å². The molecule has 0 spiro atoms. The summed E-state index contributed by atoms with van der Waals surface area (Å²) in [5.74, 6) is 0.887. The van der Waals surface area contributed by atoms with Crippen molar-refractivity contribution in [2.24, 2.45) is 0 Å². The third-order valence-corrected chi connectivity index (χ3v) is 3.59. The van der Waals surface area contributed by atoms with Gasteiger partial charge in [0.2, 0.25) is 6.23 Å². The largest absolute Gasteiger partial charge is 0.468 e. The summed E-state index contributed by atoms with van der Waals surface area (Å²) in [4.78, 5) is 5.79. The lowest BCUT2D eigenvalue weighted by Crippen LogP contribution is -2.36. The average Bonchev–Trinajstić information content (AvgIpc) is 2.59. The Hall–Kier alpha value is -2.36. The first-order valence-corrected chi connectivity index (χ1v) is 7.29. The van der Waals surface area contributed by atoms with Gasteiger partial charge in [0, 0.05) is 11.1 Å². The fourth-order valence-corrected chi connectivity index (χ4v) is 2.51. The summed E-state index contributed by atoms with van der Waals surface area (Å²) < 4.78 is 6.16. The highest BCUT2D eigenvalue weighted by atomic mass is 16.7. The minimum Gasteiger partial charge on any atom is -0.468 e. The van der Waals surface area contributed by atoms with Gasteiger partial charge in [-0.25, -0.2) is 0 Å². The van der Waals surface area contributed by atoms with Gasteiger partial charge in [-0.1, -0.05) is 55.1 Å². The molecule has 0 amide bonds. The third-order valence-electron chi connectivity index (χ3n) is 3.59. The molecule has 3 rings (SSSR count). The molecule has 1 atom stereocenters. The number of nitrogens with zero attached hydrogens (tertiary/aromatic N) is 1. The molecule has 1 heterocycles. The second kappa shape index (κ2) is 6.60. The summed E-state index contributed by atoms with van der Waals surface area (Å²) in [5.41, 5.74) is 3.22. The molecule has 112 valence electrons. The van der Waals surface area contributed by atoms with Crippen molar-refractivity contribution in [3.05, 3.63) is 84.5 Å². The van der Waals surface area contributed by atoms with E-state index in [1.54, 1.807) is 6.08 Å². The maximum atomic E-state index is 6.16. The number of ether oxygens (including phenoxy) is 1. The van der Waals surface area contributed by atoms with Crippen LogP contribution < -0.4 is 4.74 Å². The van der Waals surface area contributed by atoms with Crippen LogP contribution in [0.4, 0.5) is 0 Å². The zero-order chi connectivity index (χ0) is 15.4. The molecule has 1 unspecified atom stereocenters. The molecule has 0 bridgehead atoms. The van der Waals surface area contributed by atoms with Gasteiger partial charge in [0.15, 0.2) is 0 Å². The average molecular weight is 293 g/mol. The molecule has 1 aliphatic rings. The molecule has 0 saturated carbocycles. The predicted octanol–water partition coefficient (Wildman–Crippen LogP) is 4.34. The summed E-state index contributed by atoms with van der Waals surface area (Å²) in [5, 5.41) is 1.85. The maximum absolute atomic E-state index is 6.16. The maximum Gasteiger partial charge on any atom is 0.200 e. The first-order valence-electron chi connectivity index (χ1n) is 7.29. The van der Waals surface area contributed by atoms with Crippen molar-refractivity contribution in [2.75, 3.05) is 6.61 Å². The molecule has 0 fully saturated rings. The molecule has 3 heteroatoms. The van der Waals surface area contributed by atoms with E-state index in [1.807, 2.05) is 53.6 Å². The zero-order valence-corrected chi connectivity index (χ0v) is 12.4. The van der Waals surface area contributed by atoms with Crippen molar-refractivity contribution >= 4 is 6.08 Å². The second-order valence-electron chi connectivity index (χ2n) is 5.11. The lowest BCUT2D eigenvalue weighted by atomic mass is 10.1. The molecule has 2 aromatic rings. The molecule has 0 aromatic heterocycles. The van der Waals surface area contributed by atoms with Gasteiger partial charge in [-0.3, -0.25) is 4.84 Å². The first kappa shape index (κ1) is 14.6. The molecule has 2 aromatic carbocycles. The fourth-order valence-electron chi connectivity index (χ4n) is 2.51. The minimum atomic E-state index is -0.261. The van der Waals surface area contributed by atoms with E-state index in [4.69, 9.17) is 9.57 Å². The fraction of sp³-hybridized carbons (Fsp3) is 0.158. The van der Waals surface area contributed by atoms with Crippen molar-refractivity contribution in [1.29, 1.82) is 0 Å². The van der Waals surface area contributed by atoms with E-state index in [9.17, 15) is 0 Å². The Balaban J connectivity index is 1.93. The first-order chi connectivity index (χ1) is 10.8. The summed E-state index contributed by atoms with van der Waals surface area (Å²) >= 11 is 0. The van der Waals surface area contributed by atoms with E-state index in [2.05, 4.69) is 19.2 Å². The standard InChI is InChI=1S/C19H19NO2/c1-3-12-21-20-14-17-13-15(4-2)10-11-18(17)22-19(20)16-8-6-5-7-9-16/h3-11,13,19H,1-2,12,14H2. The van der Waals surface area contributed by atoms with Gasteiger partial charge in [-0.05, 0) is 17.7 Å². The highest BCUT2D eigenvalue weighted by molar-refractivity contribution is 5.52. The number of rotatable bonds is 5. The van der Waals surface area contributed by atoms with E-state index >= 15 is 0 Å². The van der Waals surface area contributed by atoms with E-state index in [0.717, 1.165) is 22.4 Å². The zero-order valence-electron chi connectivity index (χ0n) is 12.4. The molecule has 1 aliphatic heterocycles. The van der Waals surface area contributed by atoms with Crippen LogP contribution in [-0.2, 0) is 11.4 Å². The van der Waals surface area contributed by atoms with Crippen LogP contribution in [0.1, 0.15) is 22.9 Å². The smallest absolute Gasteiger partial charge is 0.200 e. The normalized spacial score (nSPS) is 17.4. The number of hydrogen-bond acceptors (Lipinski definition) is 3. The van der Waals surface area contributed by atoms with E-state index in [0.29, 0.717) is 13.2 Å². The number of hydroxylamine groups is 2. The molecule has 0 aliphatic carbocycles. The van der Waals surface area contributed by atoms with E-state index < -0.39 is 0 Å². The lowest BCUT2D eigenvalue weighted by Gasteiger charge is -2.36. The quantitative estimate of drug-likeness (QED) is 0.765. The Bertz CT molecular complexity index is 666. The van der Waals surface area contributed by atoms with Gasteiger partial charge in [0.05, 0.1) is 13.2 Å². The van der Waals surface area contributed by atoms with Crippen LogP contribution in [0, 0.1) is 0 Å². The summed E-state index contributed by atoms with van der Waals surface area (Å²) in [6.45, 7) is 8.63. The van der Waals surface area contributed by atoms with Crippen LogP contribution in [0.15, 0.2) is 67.8 Å².